The third kappa shape index (κ3) is 3.51. The van der Waals surface area contributed by atoms with Gasteiger partial charge < -0.3 is 3.75 Å². The molecule has 0 saturated heterocycles. The number of benzene rings is 1. The molecule has 9 heteroatoms. The molecular formula is C6H4BrN2NaO4S. The summed E-state index contributed by atoms with van der Waals surface area (Å²) in [6.45, 7) is 0. The van der Waals surface area contributed by atoms with Crippen molar-refractivity contribution in [2.45, 2.75) is 4.90 Å². The Morgan fingerprint density at radius 3 is 2.33 bits per heavy atom. The fourth-order valence-electron chi connectivity index (χ4n) is 0.863. The molecule has 76 valence electrons. The van der Waals surface area contributed by atoms with Crippen molar-refractivity contribution in [1.29, 1.82) is 0 Å². The maximum Gasteiger partial charge on any atom is 1.00 e. The number of para-hydroxylation sites is 1. The zero-order valence-corrected chi connectivity index (χ0v) is 12.0. The SMILES string of the molecule is O=[N+]([O-])c1ccccc1S(=O)(=O)[N-]Br.[Na+]. The van der Waals surface area contributed by atoms with E-state index in [2.05, 4.69) is 19.9 Å². The van der Waals surface area contributed by atoms with Crippen LogP contribution in [0.2, 0.25) is 0 Å². The first-order chi connectivity index (χ1) is 6.49. The molecule has 0 heterocycles. The molecular weight excluding hydrogens is 299 g/mol. The quantitative estimate of drug-likeness (QED) is 0.405. The second kappa shape index (κ2) is 5.92. The van der Waals surface area contributed by atoms with Gasteiger partial charge in [-0.05, 0) is 6.07 Å². The van der Waals surface area contributed by atoms with Crippen LogP contribution < -0.4 is 29.6 Å². The molecule has 0 fully saturated rings. The number of sulfonamides is 1. The van der Waals surface area contributed by atoms with Crippen LogP contribution in [0.15, 0.2) is 29.2 Å². The van der Waals surface area contributed by atoms with Crippen molar-refractivity contribution in [3.8, 4) is 0 Å². The summed E-state index contributed by atoms with van der Waals surface area (Å²) in [7, 11) is -3.97. The van der Waals surface area contributed by atoms with Gasteiger partial charge in [-0.25, -0.2) is 24.6 Å². The topological polar surface area (TPSA) is 91.4 Å². The largest absolute Gasteiger partial charge is 1.00 e. The maximum absolute atomic E-state index is 11.2. The van der Waals surface area contributed by atoms with Crippen LogP contribution in [0.25, 0.3) is 3.75 Å². The van der Waals surface area contributed by atoms with Crippen LogP contribution >= 0.6 is 16.1 Å². The van der Waals surface area contributed by atoms with Gasteiger partial charge in [-0.1, -0.05) is 12.1 Å². The molecule has 0 N–H and O–H groups in total. The number of hydrogen-bond acceptors (Lipinski definition) is 4. The van der Waals surface area contributed by atoms with E-state index in [0.29, 0.717) is 0 Å². The molecule has 0 radical (unpaired) electrons. The molecule has 0 aliphatic carbocycles. The predicted molar refractivity (Wildman–Crippen MR) is 52.6 cm³/mol. The molecule has 0 amide bonds. The first-order valence-corrected chi connectivity index (χ1v) is 5.45. The van der Waals surface area contributed by atoms with E-state index in [1.807, 2.05) is 0 Å². The average Bonchev–Trinajstić information content (AvgIpc) is 2.18. The summed E-state index contributed by atoms with van der Waals surface area (Å²) in [5.41, 5.74) is -0.490. The van der Waals surface area contributed by atoms with Crippen molar-refractivity contribution in [1.82, 2.24) is 0 Å². The van der Waals surface area contributed by atoms with Crippen LogP contribution in [-0.4, -0.2) is 13.3 Å². The number of nitrogens with zero attached hydrogens (tertiary/aromatic N) is 2. The van der Waals surface area contributed by atoms with Crippen LogP contribution in [0, 0.1) is 10.1 Å². The Bertz CT molecular complexity index is 464. The summed E-state index contributed by atoms with van der Waals surface area (Å²) in [6.07, 6.45) is 0. The third-order valence-electron chi connectivity index (χ3n) is 1.43. The summed E-state index contributed by atoms with van der Waals surface area (Å²) in [5, 5.41) is 10.5. The Labute approximate surface area is 117 Å². The van der Waals surface area contributed by atoms with Crippen molar-refractivity contribution >= 4 is 31.9 Å². The molecule has 0 spiro atoms. The maximum atomic E-state index is 11.2. The standard InChI is InChI=1S/C6H4BrN2O4S.Na/c7-8-14(12,13)6-4-2-1-3-5(6)9(10)11;/h1-4H;/q-1;+1. The van der Waals surface area contributed by atoms with Gasteiger partial charge in [0.05, 0.1) is 4.92 Å². The fourth-order valence-corrected chi connectivity index (χ4v) is 2.06. The molecule has 6 nitrogen and oxygen atoms in total. The van der Waals surface area contributed by atoms with Crippen LogP contribution in [0.3, 0.4) is 0 Å². The summed E-state index contributed by atoms with van der Waals surface area (Å²) in [6, 6.07) is 4.99. The molecule has 1 aromatic carbocycles. The van der Waals surface area contributed by atoms with Gasteiger partial charge in [-0.15, -0.1) is 0 Å². The van der Waals surface area contributed by atoms with Gasteiger partial charge >= 0.3 is 29.6 Å². The zero-order valence-electron chi connectivity index (χ0n) is 7.62. The summed E-state index contributed by atoms with van der Waals surface area (Å²) in [5.74, 6) is 0. The van der Waals surface area contributed by atoms with Gasteiger partial charge in [0, 0.05) is 6.07 Å². The Morgan fingerprint density at radius 2 is 1.87 bits per heavy atom. The van der Waals surface area contributed by atoms with Gasteiger partial charge in [0.1, 0.15) is 14.9 Å². The Hall–Kier alpha value is 0.0100. The van der Waals surface area contributed by atoms with Gasteiger partial charge in [0.2, 0.25) is 0 Å². The first-order valence-electron chi connectivity index (χ1n) is 3.31. The second-order valence-corrected chi connectivity index (χ2v) is 4.67. The van der Waals surface area contributed by atoms with E-state index >= 15 is 0 Å². The Morgan fingerprint density at radius 1 is 1.33 bits per heavy atom. The Balaban J connectivity index is 0.00000196. The third-order valence-corrected chi connectivity index (χ3v) is 3.66. The number of rotatable bonds is 3. The minimum Gasteiger partial charge on any atom is -0.480 e. The molecule has 0 aliphatic heterocycles. The minimum absolute atomic E-state index is 0. The smallest absolute Gasteiger partial charge is 0.480 e. The zero-order chi connectivity index (χ0) is 10.8. The number of halogens is 1. The summed E-state index contributed by atoms with van der Waals surface area (Å²) >= 11 is 2.41. The van der Waals surface area contributed by atoms with E-state index < -0.39 is 25.5 Å². The monoisotopic (exact) mass is 302 g/mol. The molecule has 15 heavy (non-hydrogen) atoms. The molecule has 1 rings (SSSR count). The molecule has 0 bridgehead atoms. The molecule has 0 atom stereocenters. The molecule has 0 aromatic heterocycles. The van der Waals surface area contributed by atoms with Gasteiger partial charge in [0.25, 0.3) is 5.69 Å². The van der Waals surface area contributed by atoms with Gasteiger partial charge in [0.15, 0.2) is 0 Å². The molecule has 0 saturated carbocycles. The van der Waals surface area contributed by atoms with Crippen LogP contribution in [0.1, 0.15) is 0 Å². The van der Waals surface area contributed by atoms with E-state index in [9.17, 15) is 18.5 Å². The normalized spacial score (nSPS) is 10.5. The van der Waals surface area contributed by atoms with Crippen LogP contribution in [0.5, 0.6) is 0 Å². The Kier molecular flexibility index (Phi) is 5.93. The molecule has 0 unspecified atom stereocenters. The minimum atomic E-state index is -3.97. The number of hydrogen-bond donors (Lipinski definition) is 0. The molecule has 1 aromatic rings. The number of nitro groups is 1. The van der Waals surface area contributed by atoms with Crippen molar-refractivity contribution in [3.63, 3.8) is 0 Å². The fraction of sp³-hybridized carbons (Fsp3) is 0. The average molecular weight is 303 g/mol. The van der Waals surface area contributed by atoms with E-state index in [1.54, 1.807) is 0 Å². The van der Waals surface area contributed by atoms with Crippen molar-refractivity contribution in [3.05, 3.63) is 38.1 Å². The van der Waals surface area contributed by atoms with Crippen LogP contribution in [-0.2, 0) is 10.0 Å². The van der Waals surface area contributed by atoms with Crippen molar-refractivity contribution < 1.29 is 42.9 Å². The van der Waals surface area contributed by atoms with Crippen LogP contribution in [0.4, 0.5) is 5.69 Å². The van der Waals surface area contributed by atoms with E-state index in [4.69, 9.17) is 0 Å². The second-order valence-electron chi connectivity index (χ2n) is 2.27. The molecule has 0 aliphatic rings. The van der Waals surface area contributed by atoms with Crippen molar-refractivity contribution in [2.75, 3.05) is 0 Å². The summed E-state index contributed by atoms with van der Waals surface area (Å²) in [4.78, 5) is 9.27. The first kappa shape index (κ1) is 15.0. The van der Waals surface area contributed by atoms with E-state index in [1.165, 1.54) is 12.1 Å². The van der Waals surface area contributed by atoms with E-state index in [-0.39, 0.29) is 29.6 Å². The predicted octanol–water partition coefficient (Wildman–Crippen LogP) is -1.03. The number of nitro benzene ring substituents is 1. The van der Waals surface area contributed by atoms with Crippen molar-refractivity contribution in [2.24, 2.45) is 0 Å². The summed E-state index contributed by atoms with van der Waals surface area (Å²) < 4.78 is 25.3. The van der Waals surface area contributed by atoms with Gasteiger partial charge in [-0.2, -0.15) is 0 Å². The van der Waals surface area contributed by atoms with E-state index in [0.717, 1.165) is 12.1 Å². The van der Waals surface area contributed by atoms with Gasteiger partial charge in [-0.3, -0.25) is 10.1 Å².